The van der Waals surface area contributed by atoms with Crippen LogP contribution in [0.3, 0.4) is 0 Å². The van der Waals surface area contributed by atoms with Crippen LogP contribution in [0, 0.1) is 0 Å². The molecular formula is C15H14BrNO3. The monoisotopic (exact) mass is 335 g/mol. The molecule has 0 aromatic heterocycles. The largest absolute Gasteiger partial charge is 0.493 e. The van der Waals surface area contributed by atoms with Gasteiger partial charge < -0.3 is 14.7 Å². The minimum Gasteiger partial charge on any atom is -0.493 e. The van der Waals surface area contributed by atoms with Gasteiger partial charge in [-0.2, -0.15) is 0 Å². The molecule has 0 spiro atoms. The first-order chi connectivity index (χ1) is 9.72. The lowest BCUT2D eigenvalue weighted by Gasteiger charge is -2.11. The normalized spacial score (nSPS) is 10.7. The summed E-state index contributed by atoms with van der Waals surface area (Å²) in [6.07, 6.45) is 1.33. The summed E-state index contributed by atoms with van der Waals surface area (Å²) in [5.74, 6) is 1.24. The van der Waals surface area contributed by atoms with Crippen molar-refractivity contribution < 1.29 is 14.7 Å². The molecule has 4 nitrogen and oxygen atoms in total. The average Bonchev–Trinajstić information content (AvgIpc) is 2.46. The molecule has 0 atom stereocenters. The van der Waals surface area contributed by atoms with Crippen molar-refractivity contribution in [3.05, 3.63) is 58.1 Å². The predicted octanol–water partition coefficient (Wildman–Crippen LogP) is 3.84. The van der Waals surface area contributed by atoms with Crippen LogP contribution in [0.25, 0.3) is 0 Å². The summed E-state index contributed by atoms with van der Waals surface area (Å²) in [5.41, 5.74) is 1.79. The molecule has 0 aliphatic heterocycles. The van der Waals surface area contributed by atoms with Crippen molar-refractivity contribution in [1.29, 1.82) is 0 Å². The molecule has 2 aromatic carbocycles. The molecule has 104 valence electrons. The summed E-state index contributed by atoms with van der Waals surface area (Å²) < 4.78 is 12.0. The van der Waals surface area contributed by atoms with Gasteiger partial charge in [-0.1, -0.05) is 33.2 Å². The van der Waals surface area contributed by atoms with Crippen LogP contribution < -0.4 is 9.47 Å². The Balaban J connectivity index is 2.13. The molecule has 0 bridgehead atoms. The standard InChI is InChI=1S/C15H14BrNO3/c1-19-15-8-11(9-17-18)5-6-14(15)20-10-12-3-2-4-13(16)7-12/h2-9,18H,10H2,1H3/b17-9+. The summed E-state index contributed by atoms with van der Waals surface area (Å²) in [7, 11) is 1.57. The highest BCUT2D eigenvalue weighted by Gasteiger charge is 2.05. The van der Waals surface area contributed by atoms with Gasteiger partial charge in [0.05, 0.1) is 13.3 Å². The first-order valence-corrected chi connectivity index (χ1v) is 6.75. The fourth-order valence-corrected chi connectivity index (χ4v) is 2.18. The first kappa shape index (κ1) is 14.4. The third-order valence-electron chi connectivity index (χ3n) is 2.68. The zero-order valence-electron chi connectivity index (χ0n) is 10.9. The minimum atomic E-state index is 0.448. The molecule has 0 heterocycles. The number of rotatable bonds is 5. The molecule has 0 saturated heterocycles. The molecule has 1 N–H and O–H groups in total. The van der Waals surface area contributed by atoms with E-state index in [0.717, 1.165) is 15.6 Å². The van der Waals surface area contributed by atoms with Crippen molar-refractivity contribution in [1.82, 2.24) is 0 Å². The smallest absolute Gasteiger partial charge is 0.161 e. The quantitative estimate of drug-likeness (QED) is 0.513. The number of hydrogen-bond donors (Lipinski definition) is 1. The lowest BCUT2D eigenvalue weighted by molar-refractivity contribution is 0.284. The van der Waals surface area contributed by atoms with Crippen molar-refractivity contribution >= 4 is 22.1 Å². The average molecular weight is 336 g/mol. The maximum Gasteiger partial charge on any atom is 0.161 e. The predicted molar refractivity (Wildman–Crippen MR) is 80.8 cm³/mol. The van der Waals surface area contributed by atoms with E-state index in [-0.39, 0.29) is 0 Å². The van der Waals surface area contributed by atoms with Crippen LogP contribution in [-0.2, 0) is 6.61 Å². The van der Waals surface area contributed by atoms with Crippen molar-refractivity contribution in [3.63, 3.8) is 0 Å². The van der Waals surface area contributed by atoms with Gasteiger partial charge in [0.2, 0.25) is 0 Å². The Morgan fingerprint density at radius 1 is 1.20 bits per heavy atom. The van der Waals surface area contributed by atoms with Gasteiger partial charge >= 0.3 is 0 Å². The summed E-state index contributed by atoms with van der Waals surface area (Å²) in [5, 5.41) is 11.5. The summed E-state index contributed by atoms with van der Waals surface area (Å²) >= 11 is 3.42. The van der Waals surface area contributed by atoms with Crippen LogP contribution in [-0.4, -0.2) is 18.5 Å². The van der Waals surface area contributed by atoms with Gasteiger partial charge in [0.15, 0.2) is 11.5 Å². The molecule has 20 heavy (non-hydrogen) atoms. The van der Waals surface area contributed by atoms with Gasteiger partial charge in [0.1, 0.15) is 6.61 Å². The van der Waals surface area contributed by atoms with E-state index in [1.807, 2.05) is 24.3 Å². The Morgan fingerprint density at radius 2 is 2.05 bits per heavy atom. The molecule has 0 saturated carbocycles. The number of benzene rings is 2. The van der Waals surface area contributed by atoms with Gasteiger partial charge in [-0.25, -0.2) is 0 Å². The number of ether oxygens (including phenoxy) is 2. The molecule has 2 rings (SSSR count). The molecule has 5 heteroatoms. The fraction of sp³-hybridized carbons (Fsp3) is 0.133. The molecular weight excluding hydrogens is 322 g/mol. The Hall–Kier alpha value is -2.01. The van der Waals surface area contributed by atoms with E-state index in [2.05, 4.69) is 21.1 Å². The zero-order chi connectivity index (χ0) is 14.4. The molecule has 0 aliphatic rings. The maximum absolute atomic E-state index is 8.52. The summed E-state index contributed by atoms with van der Waals surface area (Å²) in [4.78, 5) is 0. The molecule has 0 aliphatic carbocycles. The van der Waals surface area contributed by atoms with Gasteiger partial charge in [0, 0.05) is 10.0 Å². The van der Waals surface area contributed by atoms with Crippen molar-refractivity contribution in [2.75, 3.05) is 7.11 Å². The number of halogens is 1. The van der Waals surface area contributed by atoms with E-state index in [1.165, 1.54) is 6.21 Å². The van der Waals surface area contributed by atoms with Gasteiger partial charge in [-0.3, -0.25) is 0 Å². The van der Waals surface area contributed by atoms with Gasteiger partial charge in [0.25, 0.3) is 0 Å². The van der Waals surface area contributed by atoms with E-state index in [0.29, 0.717) is 18.1 Å². The van der Waals surface area contributed by atoms with Crippen molar-refractivity contribution in [2.24, 2.45) is 5.16 Å². The van der Waals surface area contributed by atoms with Crippen LogP contribution in [0.4, 0.5) is 0 Å². The highest BCUT2D eigenvalue weighted by atomic mass is 79.9. The summed E-state index contributed by atoms with van der Waals surface area (Å²) in [6, 6.07) is 13.2. The second-order valence-electron chi connectivity index (χ2n) is 4.07. The van der Waals surface area contributed by atoms with E-state index in [1.54, 1.807) is 25.3 Å². The topological polar surface area (TPSA) is 51.0 Å². The van der Waals surface area contributed by atoms with Crippen molar-refractivity contribution in [3.8, 4) is 11.5 Å². The van der Waals surface area contributed by atoms with Crippen LogP contribution >= 0.6 is 15.9 Å². The van der Waals surface area contributed by atoms with Gasteiger partial charge in [-0.05, 0) is 35.9 Å². The Labute approximate surface area is 125 Å². The Kier molecular flexibility index (Phi) is 5.01. The number of nitrogens with zero attached hydrogens (tertiary/aromatic N) is 1. The molecule has 0 fully saturated rings. The number of methoxy groups -OCH3 is 1. The van der Waals surface area contributed by atoms with Crippen LogP contribution in [0.5, 0.6) is 11.5 Å². The first-order valence-electron chi connectivity index (χ1n) is 5.95. The number of oxime groups is 1. The SMILES string of the molecule is COc1cc(/C=N/O)ccc1OCc1cccc(Br)c1. The highest BCUT2D eigenvalue weighted by molar-refractivity contribution is 9.10. The van der Waals surface area contributed by atoms with E-state index in [4.69, 9.17) is 14.7 Å². The highest BCUT2D eigenvalue weighted by Crippen LogP contribution is 2.28. The molecule has 0 amide bonds. The van der Waals surface area contributed by atoms with Crippen LogP contribution in [0.1, 0.15) is 11.1 Å². The van der Waals surface area contributed by atoms with E-state index in [9.17, 15) is 0 Å². The lowest BCUT2D eigenvalue weighted by Crippen LogP contribution is -1.98. The van der Waals surface area contributed by atoms with Gasteiger partial charge in [-0.15, -0.1) is 0 Å². The zero-order valence-corrected chi connectivity index (χ0v) is 12.5. The van der Waals surface area contributed by atoms with E-state index >= 15 is 0 Å². The lowest BCUT2D eigenvalue weighted by atomic mass is 10.2. The Bertz CT molecular complexity index is 614. The summed E-state index contributed by atoms with van der Waals surface area (Å²) in [6.45, 7) is 0.448. The molecule has 0 radical (unpaired) electrons. The van der Waals surface area contributed by atoms with Crippen LogP contribution in [0.2, 0.25) is 0 Å². The third-order valence-corrected chi connectivity index (χ3v) is 3.17. The second kappa shape index (κ2) is 6.96. The molecule has 2 aromatic rings. The number of hydrogen-bond acceptors (Lipinski definition) is 4. The van der Waals surface area contributed by atoms with Crippen LogP contribution in [0.15, 0.2) is 52.1 Å². The van der Waals surface area contributed by atoms with Crippen molar-refractivity contribution in [2.45, 2.75) is 6.61 Å². The fourth-order valence-electron chi connectivity index (χ4n) is 1.74. The Morgan fingerprint density at radius 3 is 2.75 bits per heavy atom. The minimum absolute atomic E-state index is 0.448. The molecule has 0 unspecified atom stereocenters. The maximum atomic E-state index is 8.52. The second-order valence-corrected chi connectivity index (χ2v) is 4.99. The van der Waals surface area contributed by atoms with E-state index < -0.39 is 0 Å². The third kappa shape index (κ3) is 3.74.